The van der Waals surface area contributed by atoms with Crippen molar-refractivity contribution in [3.8, 4) is 11.3 Å². The van der Waals surface area contributed by atoms with Gasteiger partial charge in [-0.3, -0.25) is 5.10 Å². The van der Waals surface area contributed by atoms with Crippen molar-refractivity contribution in [1.29, 1.82) is 0 Å². The number of nitrogens with zero attached hydrogens (tertiary/aromatic N) is 3. The van der Waals surface area contributed by atoms with E-state index in [9.17, 15) is 0 Å². The van der Waals surface area contributed by atoms with Crippen molar-refractivity contribution in [1.82, 2.24) is 19.7 Å². The Kier molecular flexibility index (Phi) is 4.41. The first-order valence-corrected chi connectivity index (χ1v) is 9.25. The summed E-state index contributed by atoms with van der Waals surface area (Å²) < 4.78 is 7.92. The zero-order valence-electron chi connectivity index (χ0n) is 15.7. The van der Waals surface area contributed by atoms with Crippen LogP contribution in [0.4, 0.5) is 0 Å². The molecule has 5 nitrogen and oxygen atoms in total. The molecule has 136 valence electrons. The third-order valence-electron chi connectivity index (χ3n) is 4.98. The zero-order chi connectivity index (χ0) is 18.1. The highest BCUT2D eigenvalue weighted by Crippen LogP contribution is 2.33. The molecule has 0 spiro atoms. The smallest absolute Gasteiger partial charge is 0.0959 e. The molecule has 0 radical (unpaired) electrons. The van der Waals surface area contributed by atoms with Crippen molar-refractivity contribution < 1.29 is 4.74 Å². The third-order valence-corrected chi connectivity index (χ3v) is 4.98. The highest BCUT2D eigenvalue weighted by molar-refractivity contribution is 5.62. The lowest BCUT2D eigenvalue weighted by Gasteiger charge is -2.15. The molecule has 26 heavy (non-hydrogen) atoms. The van der Waals surface area contributed by atoms with E-state index in [1.165, 1.54) is 5.69 Å². The van der Waals surface area contributed by atoms with Gasteiger partial charge in [-0.1, -0.05) is 51.1 Å². The molecule has 1 saturated heterocycles. The maximum atomic E-state index is 5.66. The molecular weight excluding hydrogens is 324 g/mol. The van der Waals surface area contributed by atoms with Gasteiger partial charge in [-0.25, -0.2) is 4.98 Å². The summed E-state index contributed by atoms with van der Waals surface area (Å²) in [6.45, 7) is 8.87. The van der Waals surface area contributed by atoms with Gasteiger partial charge in [0, 0.05) is 23.5 Å². The van der Waals surface area contributed by atoms with Crippen molar-refractivity contribution in [2.24, 2.45) is 0 Å². The van der Waals surface area contributed by atoms with E-state index in [4.69, 9.17) is 9.72 Å². The Labute approximate surface area is 154 Å². The first-order valence-electron chi connectivity index (χ1n) is 9.25. The Morgan fingerprint density at radius 2 is 2.04 bits per heavy atom. The van der Waals surface area contributed by atoms with Gasteiger partial charge in [0.15, 0.2) is 0 Å². The first-order chi connectivity index (χ1) is 12.5. The Morgan fingerprint density at radius 1 is 1.23 bits per heavy atom. The molecule has 0 bridgehead atoms. The molecule has 0 aliphatic carbocycles. The normalized spacial score (nSPS) is 17.7. The number of nitrogens with one attached hydrogen (secondary N) is 1. The van der Waals surface area contributed by atoms with E-state index in [1.54, 1.807) is 0 Å². The molecule has 1 aliphatic rings. The highest BCUT2D eigenvalue weighted by atomic mass is 16.5. The van der Waals surface area contributed by atoms with Gasteiger partial charge in [-0.2, -0.15) is 5.10 Å². The lowest BCUT2D eigenvalue weighted by atomic mass is 9.92. The number of aromatic amines is 1. The van der Waals surface area contributed by atoms with Crippen LogP contribution in [0, 0.1) is 0 Å². The summed E-state index contributed by atoms with van der Waals surface area (Å²) in [5.74, 6) is 0.387. The van der Waals surface area contributed by atoms with E-state index in [1.807, 2.05) is 12.4 Å². The second-order valence-electron chi connectivity index (χ2n) is 8.06. The number of imidazole rings is 1. The van der Waals surface area contributed by atoms with Crippen molar-refractivity contribution in [3.63, 3.8) is 0 Å². The second kappa shape index (κ2) is 6.72. The fraction of sp³-hybridized carbons (Fsp3) is 0.429. The van der Waals surface area contributed by atoms with Crippen LogP contribution >= 0.6 is 0 Å². The van der Waals surface area contributed by atoms with Crippen LogP contribution in [0.1, 0.15) is 50.2 Å². The van der Waals surface area contributed by atoms with Crippen LogP contribution in [-0.4, -0.2) is 33.0 Å². The molecule has 5 heteroatoms. The number of hydrogen-bond acceptors (Lipinski definition) is 3. The van der Waals surface area contributed by atoms with E-state index in [-0.39, 0.29) is 5.41 Å². The van der Waals surface area contributed by atoms with Crippen molar-refractivity contribution >= 4 is 0 Å². The molecule has 1 fully saturated rings. The minimum absolute atomic E-state index is 0.0427. The second-order valence-corrected chi connectivity index (χ2v) is 8.06. The number of rotatable bonds is 4. The summed E-state index contributed by atoms with van der Waals surface area (Å²) in [6, 6.07) is 12.6. The van der Waals surface area contributed by atoms with Crippen molar-refractivity contribution in [2.75, 3.05) is 13.2 Å². The van der Waals surface area contributed by atoms with Crippen LogP contribution < -0.4 is 0 Å². The molecule has 0 amide bonds. The van der Waals surface area contributed by atoms with E-state index in [2.05, 4.69) is 65.9 Å². The average molecular weight is 350 g/mol. The summed E-state index contributed by atoms with van der Waals surface area (Å²) in [7, 11) is 0. The highest BCUT2D eigenvalue weighted by Gasteiger charge is 2.26. The van der Waals surface area contributed by atoms with Gasteiger partial charge in [0.1, 0.15) is 0 Å². The Balaban J connectivity index is 1.70. The molecule has 1 aliphatic heterocycles. The predicted octanol–water partition coefficient (Wildman–Crippen LogP) is 4.12. The van der Waals surface area contributed by atoms with Crippen LogP contribution in [0.15, 0.2) is 42.7 Å². The molecule has 3 aromatic rings. The SMILES string of the molecule is CC(C)(C)c1cc(Cn2cnc(-c3ccccc3)c2[C@H]2CCOC2)[nH]n1. The van der Waals surface area contributed by atoms with Gasteiger partial charge < -0.3 is 9.30 Å². The van der Waals surface area contributed by atoms with Crippen LogP contribution in [0.2, 0.25) is 0 Å². The summed E-state index contributed by atoms with van der Waals surface area (Å²) >= 11 is 0. The fourth-order valence-corrected chi connectivity index (χ4v) is 3.52. The molecule has 1 N–H and O–H groups in total. The molecule has 1 aromatic carbocycles. The fourth-order valence-electron chi connectivity index (χ4n) is 3.52. The molecular formula is C21H26N4O. The standard InChI is InChI=1S/C21H26N4O/c1-21(2,3)18-11-17(23-24-18)12-25-14-22-19(15-7-5-4-6-8-15)20(25)16-9-10-26-13-16/h4-8,11,14,16H,9-10,12-13H2,1-3H3,(H,23,24)/t16-/m0/s1. The number of ether oxygens (including phenoxy) is 1. The van der Waals surface area contributed by atoms with Gasteiger partial charge in [0.2, 0.25) is 0 Å². The first kappa shape index (κ1) is 17.0. The zero-order valence-corrected chi connectivity index (χ0v) is 15.7. The van der Waals surface area contributed by atoms with Gasteiger partial charge in [0.05, 0.1) is 42.3 Å². The van der Waals surface area contributed by atoms with Crippen molar-refractivity contribution in [3.05, 3.63) is 59.8 Å². The Bertz CT molecular complexity index is 867. The third kappa shape index (κ3) is 3.31. The number of aromatic nitrogens is 4. The average Bonchev–Trinajstić information content (AvgIpc) is 3.35. The largest absolute Gasteiger partial charge is 0.381 e. The minimum Gasteiger partial charge on any atom is -0.381 e. The minimum atomic E-state index is 0.0427. The molecule has 0 unspecified atom stereocenters. The van der Waals surface area contributed by atoms with Gasteiger partial charge in [-0.05, 0) is 12.5 Å². The van der Waals surface area contributed by atoms with E-state index >= 15 is 0 Å². The number of benzene rings is 1. The molecule has 1 atom stereocenters. The summed E-state index contributed by atoms with van der Waals surface area (Å²) in [6.07, 6.45) is 3.00. The Hall–Kier alpha value is -2.40. The summed E-state index contributed by atoms with van der Waals surface area (Å²) in [5.41, 5.74) is 5.72. The molecule has 0 saturated carbocycles. The van der Waals surface area contributed by atoms with Crippen LogP contribution in [0.25, 0.3) is 11.3 Å². The lowest BCUT2D eigenvalue weighted by molar-refractivity contribution is 0.193. The lowest BCUT2D eigenvalue weighted by Crippen LogP contribution is -2.11. The van der Waals surface area contributed by atoms with E-state index in [0.717, 1.165) is 48.8 Å². The number of H-pyrrole nitrogens is 1. The molecule has 3 heterocycles. The molecule has 2 aromatic heterocycles. The van der Waals surface area contributed by atoms with Crippen LogP contribution in [-0.2, 0) is 16.7 Å². The van der Waals surface area contributed by atoms with Crippen molar-refractivity contribution in [2.45, 2.75) is 45.1 Å². The molecule has 4 rings (SSSR count). The topological polar surface area (TPSA) is 55.7 Å². The van der Waals surface area contributed by atoms with Crippen LogP contribution in [0.3, 0.4) is 0 Å². The maximum Gasteiger partial charge on any atom is 0.0959 e. The summed E-state index contributed by atoms with van der Waals surface area (Å²) in [5, 5.41) is 7.69. The monoisotopic (exact) mass is 350 g/mol. The predicted molar refractivity (Wildman–Crippen MR) is 102 cm³/mol. The van der Waals surface area contributed by atoms with E-state index in [0.29, 0.717) is 5.92 Å². The van der Waals surface area contributed by atoms with Gasteiger partial charge >= 0.3 is 0 Å². The quantitative estimate of drug-likeness (QED) is 0.770. The van der Waals surface area contributed by atoms with Gasteiger partial charge in [0.25, 0.3) is 0 Å². The number of hydrogen-bond donors (Lipinski definition) is 1. The Morgan fingerprint density at radius 3 is 2.69 bits per heavy atom. The van der Waals surface area contributed by atoms with E-state index < -0.39 is 0 Å². The van der Waals surface area contributed by atoms with Gasteiger partial charge in [-0.15, -0.1) is 0 Å². The maximum absolute atomic E-state index is 5.66. The van der Waals surface area contributed by atoms with Crippen LogP contribution in [0.5, 0.6) is 0 Å². The summed E-state index contributed by atoms with van der Waals surface area (Å²) in [4.78, 5) is 4.76.